The first-order chi connectivity index (χ1) is 6.16. The number of rotatable bonds is 3. The molecule has 1 aromatic rings. The Balaban J connectivity index is 3.11. The molecule has 0 heterocycles. The second kappa shape index (κ2) is 4.21. The molecule has 70 valence electrons. The van der Waals surface area contributed by atoms with Gasteiger partial charge in [-0.1, -0.05) is 30.3 Å². The predicted octanol–water partition coefficient (Wildman–Crippen LogP) is 1.96. The average Bonchev–Trinajstić information content (AvgIpc) is 2.16. The van der Waals surface area contributed by atoms with Crippen molar-refractivity contribution in [1.82, 2.24) is 0 Å². The highest BCUT2D eigenvalue weighted by atomic mass is 16.3. The molecule has 0 aliphatic rings. The van der Waals surface area contributed by atoms with Gasteiger partial charge in [-0.15, -0.1) is 6.58 Å². The molecule has 0 saturated heterocycles. The first-order valence-electron chi connectivity index (χ1n) is 4.24. The molecule has 0 unspecified atom stereocenters. The minimum atomic E-state index is -0.703. The van der Waals surface area contributed by atoms with Crippen molar-refractivity contribution < 1.29 is 10.2 Å². The minimum Gasteiger partial charge on any atom is -0.389 e. The van der Waals surface area contributed by atoms with Gasteiger partial charge in [-0.25, -0.2) is 0 Å². The number of benzene rings is 1. The smallest absolute Gasteiger partial charge is 0.0972 e. The first-order valence-corrected chi connectivity index (χ1v) is 4.24. The van der Waals surface area contributed by atoms with E-state index < -0.39 is 12.2 Å². The van der Waals surface area contributed by atoms with Crippen LogP contribution in [0.15, 0.2) is 36.9 Å². The van der Waals surface area contributed by atoms with Crippen LogP contribution in [0.1, 0.15) is 30.3 Å². The van der Waals surface area contributed by atoms with E-state index >= 15 is 0 Å². The van der Waals surface area contributed by atoms with E-state index in [1.165, 1.54) is 6.08 Å². The lowest BCUT2D eigenvalue weighted by molar-refractivity contribution is 0.186. The zero-order chi connectivity index (χ0) is 9.84. The molecule has 2 heteroatoms. The molecule has 0 bridgehead atoms. The van der Waals surface area contributed by atoms with Crippen LogP contribution in [0.2, 0.25) is 0 Å². The summed E-state index contributed by atoms with van der Waals surface area (Å²) in [5.41, 5.74) is 1.46. The summed E-state index contributed by atoms with van der Waals surface area (Å²) in [5, 5.41) is 18.9. The number of hydrogen-bond acceptors (Lipinski definition) is 2. The molecule has 2 atom stereocenters. The van der Waals surface area contributed by atoms with Gasteiger partial charge in [0.2, 0.25) is 0 Å². The lowest BCUT2D eigenvalue weighted by Crippen LogP contribution is -2.01. The summed E-state index contributed by atoms with van der Waals surface area (Å²) in [6.45, 7) is 5.18. The topological polar surface area (TPSA) is 40.5 Å². The monoisotopic (exact) mass is 178 g/mol. The molecule has 1 rings (SSSR count). The van der Waals surface area contributed by atoms with E-state index in [2.05, 4.69) is 6.58 Å². The quantitative estimate of drug-likeness (QED) is 0.694. The minimum absolute atomic E-state index is 0.564. The molecule has 0 radical (unpaired) electrons. The van der Waals surface area contributed by atoms with Crippen molar-refractivity contribution in [1.29, 1.82) is 0 Å². The summed E-state index contributed by atoms with van der Waals surface area (Å²) in [6, 6.07) is 7.25. The molecule has 2 nitrogen and oxygen atoms in total. The molecular weight excluding hydrogens is 164 g/mol. The molecule has 0 aliphatic heterocycles. The van der Waals surface area contributed by atoms with Gasteiger partial charge in [0.15, 0.2) is 0 Å². The second-order valence-corrected chi connectivity index (χ2v) is 2.99. The Bertz CT molecular complexity index is 292. The predicted molar refractivity (Wildman–Crippen MR) is 52.2 cm³/mol. The van der Waals surface area contributed by atoms with Crippen molar-refractivity contribution >= 4 is 0 Å². The molecule has 0 fully saturated rings. The highest BCUT2D eigenvalue weighted by molar-refractivity contribution is 5.32. The van der Waals surface area contributed by atoms with Crippen LogP contribution in [-0.4, -0.2) is 10.2 Å². The molecule has 1 aromatic carbocycles. The molecule has 0 amide bonds. The van der Waals surface area contributed by atoms with Crippen LogP contribution >= 0.6 is 0 Å². The van der Waals surface area contributed by atoms with Gasteiger partial charge in [0.05, 0.1) is 12.2 Å². The number of aliphatic hydroxyl groups is 2. The maximum Gasteiger partial charge on any atom is 0.0972 e. The fourth-order valence-corrected chi connectivity index (χ4v) is 1.29. The van der Waals surface area contributed by atoms with Gasteiger partial charge in [-0.3, -0.25) is 0 Å². The van der Waals surface area contributed by atoms with Crippen LogP contribution < -0.4 is 0 Å². The third-order valence-corrected chi connectivity index (χ3v) is 1.99. The lowest BCUT2D eigenvalue weighted by atomic mass is 9.99. The Hall–Kier alpha value is -1.12. The highest BCUT2D eigenvalue weighted by Gasteiger charge is 2.11. The molecular formula is C11H14O2. The largest absolute Gasteiger partial charge is 0.389 e. The van der Waals surface area contributed by atoms with E-state index in [0.717, 1.165) is 5.56 Å². The van der Waals surface area contributed by atoms with Crippen LogP contribution in [0.4, 0.5) is 0 Å². The third-order valence-electron chi connectivity index (χ3n) is 1.99. The molecule has 0 aromatic heterocycles. The fourth-order valence-electron chi connectivity index (χ4n) is 1.29. The van der Waals surface area contributed by atoms with Gasteiger partial charge < -0.3 is 10.2 Å². The lowest BCUT2D eigenvalue weighted by Gasteiger charge is -2.13. The summed E-state index contributed by atoms with van der Waals surface area (Å²) < 4.78 is 0. The number of aliphatic hydroxyl groups excluding tert-OH is 2. The summed E-state index contributed by atoms with van der Waals surface area (Å²) in [7, 11) is 0. The van der Waals surface area contributed by atoms with Gasteiger partial charge in [-0.05, 0) is 18.1 Å². The SMILES string of the molecule is C=C[C@@H](O)c1ccccc1[C@H](C)O. The van der Waals surface area contributed by atoms with Crippen molar-refractivity contribution in [2.75, 3.05) is 0 Å². The second-order valence-electron chi connectivity index (χ2n) is 2.99. The normalized spacial score (nSPS) is 15.0. The zero-order valence-corrected chi connectivity index (χ0v) is 7.64. The standard InChI is InChI=1S/C11H14O2/c1-3-11(13)10-7-5-4-6-9(10)8(2)12/h3-8,11-13H,1H2,2H3/t8-,11+/m0/s1. The summed E-state index contributed by atoms with van der Waals surface area (Å²) in [4.78, 5) is 0. The van der Waals surface area contributed by atoms with Crippen molar-refractivity contribution in [2.45, 2.75) is 19.1 Å². The maximum absolute atomic E-state index is 9.53. The summed E-state index contributed by atoms with van der Waals surface area (Å²) in [6.07, 6.45) is 0.179. The van der Waals surface area contributed by atoms with E-state index in [4.69, 9.17) is 0 Å². The van der Waals surface area contributed by atoms with Gasteiger partial charge in [0.1, 0.15) is 0 Å². The first kappa shape index (κ1) is 9.96. The van der Waals surface area contributed by atoms with Crippen molar-refractivity contribution in [2.24, 2.45) is 0 Å². The maximum atomic E-state index is 9.53. The van der Waals surface area contributed by atoms with Crippen molar-refractivity contribution in [3.63, 3.8) is 0 Å². The van der Waals surface area contributed by atoms with Gasteiger partial charge in [0, 0.05) is 0 Å². The zero-order valence-electron chi connectivity index (χ0n) is 7.64. The fraction of sp³-hybridized carbons (Fsp3) is 0.273. The van der Waals surface area contributed by atoms with Gasteiger partial charge >= 0.3 is 0 Å². The van der Waals surface area contributed by atoms with Crippen molar-refractivity contribution in [3.8, 4) is 0 Å². The number of hydrogen-bond donors (Lipinski definition) is 2. The van der Waals surface area contributed by atoms with Gasteiger partial charge in [0.25, 0.3) is 0 Å². The van der Waals surface area contributed by atoms with E-state index in [0.29, 0.717) is 5.56 Å². The van der Waals surface area contributed by atoms with E-state index in [-0.39, 0.29) is 0 Å². The molecule has 0 saturated carbocycles. The van der Waals surface area contributed by atoms with E-state index in [1.54, 1.807) is 19.1 Å². The Morgan fingerprint density at radius 1 is 1.23 bits per heavy atom. The third kappa shape index (κ3) is 2.17. The summed E-state index contributed by atoms with van der Waals surface area (Å²) in [5.74, 6) is 0. The Morgan fingerprint density at radius 3 is 2.23 bits per heavy atom. The Kier molecular flexibility index (Phi) is 3.23. The Labute approximate surface area is 78.2 Å². The van der Waals surface area contributed by atoms with Crippen LogP contribution in [0, 0.1) is 0 Å². The van der Waals surface area contributed by atoms with Gasteiger partial charge in [-0.2, -0.15) is 0 Å². The van der Waals surface area contributed by atoms with Crippen LogP contribution in [0.5, 0.6) is 0 Å². The molecule has 13 heavy (non-hydrogen) atoms. The molecule has 2 N–H and O–H groups in total. The highest BCUT2D eigenvalue weighted by Crippen LogP contribution is 2.23. The molecule has 0 spiro atoms. The molecule has 0 aliphatic carbocycles. The van der Waals surface area contributed by atoms with E-state index in [1.807, 2.05) is 12.1 Å². The summed E-state index contributed by atoms with van der Waals surface area (Å²) >= 11 is 0. The van der Waals surface area contributed by atoms with Crippen LogP contribution in [0.25, 0.3) is 0 Å². The van der Waals surface area contributed by atoms with Crippen LogP contribution in [-0.2, 0) is 0 Å². The van der Waals surface area contributed by atoms with Crippen molar-refractivity contribution in [3.05, 3.63) is 48.0 Å². The van der Waals surface area contributed by atoms with E-state index in [9.17, 15) is 10.2 Å². The Morgan fingerprint density at radius 2 is 1.77 bits per heavy atom. The van der Waals surface area contributed by atoms with Crippen LogP contribution in [0.3, 0.4) is 0 Å². The average molecular weight is 178 g/mol.